The highest BCUT2D eigenvalue weighted by Gasteiger charge is 2.21. The Morgan fingerprint density at radius 2 is 1.74 bits per heavy atom. The fourth-order valence-corrected chi connectivity index (χ4v) is 3.79. The maximum Gasteiger partial charge on any atom is 0.243 e. The lowest BCUT2D eigenvalue weighted by Crippen LogP contribution is -2.30. The molecule has 2 heterocycles. The van der Waals surface area contributed by atoms with Crippen molar-refractivity contribution in [3.8, 4) is 0 Å². The van der Waals surface area contributed by atoms with Crippen molar-refractivity contribution in [2.45, 2.75) is 44.9 Å². The van der Waals surface area contributed by atoms with E-state index in [0.29, 0.717) is 6.42 Å². The van der Waals surface area contributed by atoms with E-state index in [9.17, 15) is 9.59 Å². The summed E-state index contributed by atoms with van der Waals surface area (Å²) in [6, 6.07) is 7.79. The molecular weight excluding hydrogens is 338 g/mol. The lowest BCUT2D eigenvalue weighted by atomic mass is 10.2. The highest BCUT2D eigenvalue weighted by Crippen LogP contribution is 2.21. The summed E-state index contributed by atoms with van der Waals surface area (Å²) in [7, 11) is 0. The molecule has 2 aliphatic rings. The standard InChI is InChI=1S/C22H31N3O2/c26-21(23-14-6-17-24-15-3-1-2-4-16-24)13-10-19-8-11-20(12-9-19)25-18-5-7-22(25)27/h8-13H,1-7,14-18H2,(H,23,26)/b13-10+. The maximum absolute atomic E-state index is 12.0. The van der Waals surface area contributed by atoms with Crippen LogP contribution in [0.25, 0.3) is 6.08 Å². The molecule has 5 heteroatoms. The molecule has 0 unspecified atom stereocenters. The van der Waals surface area contributed by atoms with E-state index in [1.54, 1.807) is 6.08 Å². The molecule has 2 aliphatic heterocycles. The Morgan fingerprint density at radius 3 is 2.41 bits per heavy atom. The average Bonchev–Trinajstić information content (AvgIpc) is 2.95. The number of rotatable bonds is 7. The number of anilines is 1. The van der Waals surface area contributed by atoms with Gasteiger partial charge in [-0.1, -0.05) is 25.0 Å². The third-order valence-corrected chi connectivity index (χ3v) is 5.35. The smallest absolute Gasteiger partial charge is 0.243 e. The minimum Gasteiger partial charge on any atom is -0.353 e. The number of carbonyl (C=O) groups excluding carboxylic acids is 2. The zero-order chi connectivity index (χ0) is 18.9. The Kier molecular flexibility index (Phi) is 7.45. The second-order valence-electron chi connectivity index (χ2n) is 7.47. The summed E-state index contributed by atoms with van der Waals surface area (Å²) in [6.45, 7) is 4.99. The predicted molar refractivity (Wildman–Crippen MR) is 110 cm³/mol. The highest BCUT2D eigenvalue weighted by atomic mass is 16.2. The van der Waals surface area contributed by atoms with Gasteiger partial charge in [0, 0.05) is 31.3 Å². The first-order chi connectivity index (χ1) is 13.2. The van der Waals surface area contributed by atoms with Crippen LogP contribution in [-0.4, -0.2) is 49.4 Å². The largest absolute Gasteiger partial charge is 0.353 e. The Labute approximate surface area is 162 Å². The first-order valence-corrected chi connectivity index (χ1v) is 10.3. The summed E-state index contributed by atoms with van der Waals surface area (Å²) in [6.07, 6.45) is 11.3. The van der Waals surface area contributed by atoms with Gasteiger partial charge >= 0.3 is 0 Å². The van der Waals surface area contributed by atoms with E-state index < -0.39 is 0 Å². The van der Waals surface area contributed by atoms with Crippen LogP contribution in [0.15, 0.2) is 30.3 Å². The lowest BCUT2D eigenvalue weighted by Gasteiger charge is -2.19. The van der Waals surface area contributed by atoms with Gasteiger partial charge < -0.3 is 15.1 Å². The first-order valence-electron chi connectivity index (χ1n) is 10.3. The van der Waals surface area contributed by atoms with E-state index in [-0.39, 0.29) is 11.8 Å². The SMILES string of the molecule is O=C(/C=C/c1ccc(N2CCCC2=O)cc1)NCCCN1CCCCCC1. The number of benzene rings is 1. The molecule has 2 amide bonds. The summed E-state index contributed by atoms with van der Waals surface area (Å²) in [5.74, 6) is 0.141. The summed E-state index contributed by atoms with van der Waals surface area (Å²) < 4.78 is 0. The van der Waals surface area contributed by atoms with Crippen LogP contribution >= 0.6 is 0 Å². The van der Waals surface area contributed by atoms with Gasteiger partial charge in [-0.3, -0.25) is 9.59 Å². The molecular formula is C22H31N3O2. The maximum atomic E-state index is 12.0. The summed E-state index contributed by atoms with van der Waals surface area (Å²) >= 11 is 0. The van der Waals surface area contributed by atoms with E-state index in [4.69, 9.17) is 0 Å². The molecule has 5 nitrogen and oxygen atoms in total. The van der Waals surface area contributed by atoms with Crippen molar-refractivity contribution >= 4 is 23.6 Å². The summed E-state index contributed by atoms with van der Waals surface area (Å²) in [4.78, 5) is 28.1. The van der Waals surface area contributed by atoms with Gasteiger partial charge in [0.1, 0.15) is 0 Å². The molecule has 1 aromatic rings. The van der Waals surface area contributed by atoms with Crippen molar-refractivity contribution in [1.82, 2.24) is 10.2 Å². The van der Waals surface area contributed by atoms with Gasteiger partial charge in [0.05, 0.1) is 0 Å². The fraction of sp³-hybridized carbons (Fsp3) is 0.545. The van der Waals surface area contributed by atoms with Crippen molar-refractivity contribution < 1.29 is 9.59 Å². The molecule has 2 saturated heterocycles. The normalized spacial score (nSPS) is 18.8. The van der Waals surface area contributed by atoms with Crippen molar-refractivity contribution in [3.05, 3.63) is 35.9 Å². The predicted octanol–water partition coefficient (Wildman–Crippen LogP) is 3.21. The second kappa shape index (κ2) is 10.3. The van der Waals surface area contributed by atoms with E-state index in [2.05, 4.69) is 10.2 Å². The number of amides is 2. The van der Waals surface area contributed by atoms with Crippen molar-refractivity contribution in [3.63, 3.8) is 0 Å². The van der Waals surface area contributed by atoms with Gasteiger partial charge in [-0.2, -0.15) is 0 Å². The molecule has 146 valence electrons. The second-order valence-corrected chi connectivity index (χ2v) is 7.47. The highest BCUT2D eigenvalue weighted by molar-refractivity contribution is 5.95. The van der Waals surface area contributed by atoms with Crippen LogP contribution < -0.4 is 10.2 Å². The molecule has 0 saturated carbocycles. The Morgan fingerprint density at radius 1 is 1.00 bits per heavy atom. The fourth-order valence-electron chi connectivity index (χ4n) is 3.79. The molecule has 3 rings (SSSR count). The molecule has 0 aromatic heterocycles. The lowest BCUT2D eigenvalue weighted by molar-refractivity contribution is -0.117. The van der Waals surface area contributed by atoms with E-state index in [1.807, 2.05) is 35.2 Å². The van der Waals surface area contributed by atoms with Gasteiger partial charge in [0.2, 0.25) is 11.8 Å². The van der Waals surface area contributed by atoms with Crippen LogP contribution in [0.4, 0.5) is 5.69 Å². The number of nitrogens with zero attached hydrogens (tertiary/aromatic N) is 2. The van der Waals surface area contributed by atoms with Gasteiger partial charge in [-0.25, -0.2) is 0 Å². The summed E-state index contributed by atoms with van der Waals surface area (Å²) in [5, 5.41) is 2.96. The van der Waals surface area contributed by atoms with Crippen molar-refractivity contribution in [1.29, 1.82) is 0 Å². The number of likely N-dealkylation sites (tertiary alicyclic amines) is 1. The molecule has 27 heavy (non-hydrogen) atoms. The Bertz CT molecular complexity index is 646. The minimum absolute atomic E-state index is 0.0512. The summed E-state index contributed by atoms with van der Waals surface area (Å²) in [5.41, 5.74) is 1.90. The molecule has 0 radical (unpaired) electrons. The molecule has 2 fully saturated rings. The van der Waals surface area contributed by atoms with Gasteiger partial charge in [-0.15, -0.1) is 0 Å². The zero-order valence-corrected chi connectivity index (χ0v) is 16.2. The number of carbonyl (C=O) groups is 2. The van der Waals surface area contributed by atoms with E-state index >= 15 is 0 Å². The quantitative estimate of drug-likeness (QED) is 0.593. The number of nitrogens with one attached hydrogen (secondary N) is 1. The third-order valence-electron chi connectivity index (χ3n) is 5.35. The zero-order valence-electron chi connectivity index (χ0n) is 16.2. The molecule has 0 atom stereocenters. The molecule has 1 N–H and O–H groups in total. The van der Waals surface area contributed by atoms with E-state index in [1.165, 1.54) is 38.8 Å². The molecule has 0 bridgehead atoms. The van der Waals surface area contributed by atoms with E-state index in [0.717, 1.165) is 43.7 Å². The third kappa shape index (κ3) is 6.21. The Hall–Kier alpha value is -2.14. The van der Waals surface area contributed by atoms with Crippen LogP contribution in [0, 0.1) is 0 Å². The Balaban J connectivity index is 1.37. The van der Waals surface area contributed by atoms with Crippen molar-refractivity contribution in [2.75, 3.05) is 37.6 Å². The van der Waals surface area contributed by atoms with Crippen LogP contribution in [0.5, 0.6) is 0 Å². The van der Waals surface area contributed by atoms with Crippen LogP contribution in [0.1, 0.15) is 50.5 Å². The number of hydrogen-bond acceptors (Lipinski definition) is 3. The van der Waals surface area contributed by atoms with Gasteiger partial charge in [0.15, 0.2) is 0 Å². The monoisotopic (exact) mass is 369 g/mol. The topological polar surface area (TPSA) is 52.7 Å². The van der Waals surface area contributed by atoms with Crippen LogP contribution in [0.3, 0.4) is 0 Å². The molecule has 0 spiro atoms. The van der Waals surface area contributed by atoms with Gasteiger partial charge in [-0.05, 0) is 69.1 Å². The van der Waals surface area contributed by atoms with Crippen LogP contribution in [-0.2, 0) is 9.59 Å². The number of hydrogen-bond donors (Lipinski definition) is 1. The first kappa shape index (κ1) is 19.6. The van der Waals surface area contributed by atoms with Crippen molar-refractivity contribution in [2.24, 2.45) is 0 Å². The average molecular weight is 370 g/mol. The molecule has 0 aliphatic carbocycles. The van der Waals surface area contributed by atoms with Crippen LogP contribution in [0.2, 0.25) is 0 Å². The minimum atomic E-state index is -0.0512. The molecule has 1 aromatic carbocycles. The van der Waals surface area contributed by atoms with Gasteiger partial charge in [0.25, 0.3) is 0 Å².